The molecule has 0 radical (unpaired) electrons. The van der Waals surface area contributed by atoms with Gasteiger partial charge in [-0.1, -0.05) is 28.9 Å². The number of benzene rings is 2. The lowest BCUT2D eigenvalue weighted by Crippen LogP contribution is -2.39. The number of hydrogen-bond acceptors (Lipinski definition) is 4. The number of amides is 1. The minimum atomic E-state index is -0.316. The van der Waals surface area contributed by atoms with Crippen LogP contribution in [0.25, 0.3) is 11.4 Å². The average Bonchev–Trinajstić information content (AvgIpc) is 3.19. The molecule has 0 aliphatic carbocycles. The van der Waals surface area contributed by atoms with Crippen LogP contribution in [-0.4, -0.2) is 34.0 Å². The maximum atomic E-state index is 13.1. The van der Waals surface area contributed by atoms with Gasteiger partial charge in [-0.05, 0) is 49.2 Å². The van der Waals surface area contributed by atoms with Crippen LogP contribution in [0.3, 0.4) is 0 Å². The third kappa shape index (κ3) is 3.71. The Balaban J connectivity index is 1.51. The van der Waals surface area contributed by atoms with E-state index in [1.807, 2.05) is 0 Å². The standard InChI is InChI=1S/C20H17ClFN3O2/c21-17-6-2-1-5-16(17)20(26)25-11-3-4-14(12-25)19-23-18(24-27-19)13-7-9-15(22)10-8-13/h1-2,5-10,14H,3-4,11-12H2. The van der Waals surface area contributed by atoms with E-state index in [2.05, 4.69) is 10.1 Å². The third-order valence-corrected chi connectivity index (χ3v) is 5.04. The lowest BCUT2D eigenvalue weighted by molar-refractivity contribution is 0.0696. The number of carbonyl (C=O) groups excluding carboxylic acids is 1. The van der Waals surface area contributed by atoms with Crippen LogP contribution in [0.1, 0.15) is 35.0 Å². The van der Waals surface area contributed by atoms with Crippen molar-refractivity contribution in [1.29, 1.82) is 0 Å². The molecule has 0 bridgehead atoms. The van der Waals surface area contributed by atoms with Gasteiger partial charge in [0.1, 0.15) is 5.82 Å². The summed E-state index contributed by atoms with van der Waals surface area (Å²) in [5.74, 6) is 0.462. The Morgan fingerprint density at radius 3 is 2.74 bits per heavy atom. The Bertz CT molecular complexity index is 958. The van der Waals surface area contributed by atoms with Gasteiger partial charge < -0.3 is 9.42 Å². The maximum Gasteiger partial charge on any atom is 0.255 e. The highest BCUT2D eigenvalue weighted by Gasteiger charge is 2.29. The summed E-state index contributed by atoms with van der Waals surface area (Å²) in [6.07, 6.45) is 1.70. The lowest BCUT2D eigenvalue weighted by atomic mass is 9.97. The van der Waals surface area contributed by atoms with E-state index >= 15 is 0 Å². The van der Waals surface area contributed by atoms with Crippen molar-refractivity contribution in [1.82, 2.24) is 15.0 Å². The molecule has 4 rings (SSSR count). The van der Waals surface area contributed by atoms with Crippen LogP contribution in [0.15, 0.2) is 53.1 Å². The van der Waals surface area contributed by atoms with Gasteiger partial charge in [0.15, 0.2) is 0 Å². The number of carbonyl (C=O) groups is 1. The van der Waals surface area contributed by atoms with E-state index in [1.54, 1.807) is 41.3 Å². The zero-order valence-corrected chi connectivity index (χ0v) is 15.2. The molecule has 1 saturated heterocycles. The van der Waals surface area contributed by atoms with Crippen LogP contribution in [-0.2, 0) is 0 Å². The first-order valence-electron chi connectivity index (χ1n) is 8.75. The molecule has 27 heavy (non-hydrogen) atoms. The number of rotatable bonds is 3. The highest BCUT2D eigenvalue weighted by atomic mass is 35.5. The summed E-state index contributed by atoms with van der Waals surface area (Å²) in [5.41, 5.74) is 1.18. The fraction of sp³-hybridized carbons (Fsp3) is 0.250. The molecular weight excluding hydrogens is 369 g/mol. The summed E-state index contributed by atoms with van der Waals surface area (Å²) in [6.45, 7) is 1.16. The molecule has 0 saturated carbocycles. The predicted octanol–water partition coefficient (Wildman–Crippen LogP) is 4.55. The zero-order valence-electron chi connectivity index (χ0n) is 14.4. The third-order valence-electron chi connectivity index (χ3n) is 4.71. The van der Waals surface area contributed by atoms with Crippen molar-refractivity contribution < 1.29 is 13.7 Å². The van der Waals surface area contributed by atoms with Gasteiger partial charge in [0, 0.05) is 18.7 Å². The maximum absolute atomic E-state index is 13.1. The van der Waals surface area contributed by atoms with Crippen LogP contribution in [0.5, 0.6) is 0 Å². The summed E-state index contributed by atoms with van der Waals surface area (Å²) < 4.78 is 18.5. The number of likely N-dealkylation sites (tertiary alicyclic amines) is 1. The second-order valence-corrected chi connectivity index (χ2v) is 6.94. The van der Waals surface area contributed by atoms with Crippen LogP contribution in [0.4, 0.5) is 4.39 Å². The monoisotopic (exact) mass is 385 g/mol. The van der Waals surface area contributed by atoms with Crippen molar-refractivity contribution in [2.75, 3.05) is 13.1 Å². The van der Waals surface area contributed by atoms with Crippen molar-refractivity contribution in [3.8, 4) is 11.4 Å². The smallest absolute Gasteiger partial charge is 0.255 e. The fourth-order valence-corrected chi connectivity index (χ4v) is 3.50. The molecular formula is C20H17ClFN3O2. The summed E-state index contributed by atoms with van der Waals surface area (Å²) in [6, 6.07) is 13.0. The minimum absolute atomic E-state index is 0.0353. The van der Waals surface area contributed by atoms with E-state index in [-0.39, 0.29) is 17.6 Å². The Kier molecular flexibility index (Phi) is 4.90. The molecule has 1 fully saturated rings. The van der Waals surface area contributed by atoms with E-state index < -0.39 is 0 Å². The van der Waals surface area contributed by atoms with E-state index in [9.17, 15) is 9.18 Å². The molecule has 2 heterocycles. The Labute approximate surface area is 160 Å². The van der Waals surface area contributed by atoms with Crippen molar-refractivity contribution in [3.63, 3.8) is 0 Å². The average molecular weight is 386 g/mol. The van der Waals surface area contributed by atoms with Gasteiger partial charge in [-0.15, -0.1) is 0 Å². The SMILES string of the molecule is O=C(c1ccccc1Cl)N1CCCC(c2nc(-c3ccc(F)cc3)no2)C1. The molecule has 1 amide bonds. The Hall–Kier alpha value is -2.73. The van der Waals surface area contributed by atoms with Gasteiger partial charge in [-0.3, -0.25) is 4.79 Å². The van der Waals surface area contributed by atoms with Crippen LogP contribution in [0, 0.1) is 5.82 Å². The topological polar surface area (TPSA) is 59.2 Å². The first-order valence-corrected chi connectivity index (χ1v) is 9.13. The molecule has 1 aromatic heterocycles. The molecule has 5 nitrogen and oxygen atoms in total. The number of piperidine rings is 1. The Morgan fingerprint density at radius 1 is 1.19 bits per heavy atom. The summed E-state index contributed by atoms with van der Waals surface area (Å²) in [7, 11) is 0. The quantitative estimate of drug-likeness (QED) is 0.663. The van der Waals surface area contributed by atoms with Crippen LogP contribution >= 0.6 is 11.6 Å². The van der Waals surface area contributed by atoms with E-state index in [4.69, 9.17) is 16.1 Å². The normalized spacial score (nSPS) is 17.1. The van der Waals surface area contributed by atoms with Crippen molar-refractivity contribution in [2.24, 2.45) is 0 Å². The minimum Gasteiger partial charge on any atom is -0.339 e. The van der Waals surface area contributed by atoms with Gasteiger partial charge in [-0.25, -0.2) is 4.39 Å². The largest absolute Gasteiger partial charge is 0.339 e. The zero-order chi connectivity index (χ0) is 18.8. The number of halogens is 2. The van der Waals surface area contributed by atoms with E-state index in [1.165, 1.54) is 12.1 Å². The van der Waals surface area contributed by atoms with Gasteiger partial charge in [0.2, 0.25) is 11.7 Å². The van der Waals surface area contributed by atoms with Crippen LogP contribution < -0.4 is 0 Å². The molecule has 0 spiro atoms. The van der Waals surface area contributed by atoms with E-state index in [0.29, 0.717) is 41.0 Å². The lowest BCUT2D eigenvalue weighted by Gasteiger charge is -2.31. The fourth-order valence-electron chi connectivity index (χ4n) is 3.29. The number of hydrogen-bond donors (Lipinski definition) is 0. The van der Waals surface area contributed by atoms with Crippen molar-refractivity contribution in [3.05, 3.63) is 70.8 Å². The second-order valence-electron chi connectivity index (χ2n) is 6.53. The molecule has 0 N–H and O–H groups in total. The molecule has 138 valence electrons. The van der Waals surface area contributed by atoms with Gasteiger partial charge in [-0.2, -0.15) is 4.98 Å². The summed E-state index contributed by atoms with van der Waals surface area (Å²) in [4.78, 5) is 19.0. The highest BCUT2D eigenvalue weighted by molar-refractivity contribution is 6.33. The van der Waals surface area contributed by atoms with Gasteiger partial charge >= 0.3 is 0 Å². The number of aromatic nitrogens is 2. The first kappa shape index (κ1) is 17.7. The highest BCUT2D eigenvalue weighted by Crippen LogP contribution is 2.29. The summed E-state index contributed by atoms with van der Waals surface area (Å²) in [5, 5.41) is 4.45. The Morgan fingerprint density at radius 2 is 1.96 bits per heavy atom. The van der Waals surface area contributed by atoms with Gasteiger partial charge in [0.05, 0.1) is 16.5 Å². The second kappa shape index (κ2) is 7.48. The summed E-state index contributed by atoms with van der Waals surface area (Å²) >= 11 is 6.16. The van der Waals surface area contributed by atoms with Crippen molar-refractivity contribution in [2.45, 2.75) is 18.8 Å². The predicted molar refractivity (Wildman–Crippen MR) is 99.0 cm³/mol. The van der Waals surface area contributed by atoms with Crippen LogP contribution in [0.2, 0.25) is 5.02 Å². The molecule has 3 aromatic rings. The molecule has 7 heteroatoms. The molecule has 1 atom stereocenters. The first-order chi connectivity index (χ1) is 13.1. The molecule has 1 unspecified atom stereocenters. The molecule has 1 aliphatic heterocycles. The number of nitrogens with zero attached hydrogens (tertiary/aromatic N) is 3. The molecule has 2 aromatic carbocycles. The molecule has 1 aliphatic rings. The van der Waals surface area contributed by atoms with Gasteiger partial charge in [0.25, 0.3) is 5.91 Å². The van der Waals surface area contributed by atoms with E-state index in [0.717, 1.165) is 12.8 Å². The van der Waals surface area contributed by atoms with Crippen molar-refractivity contribution >= 4 is 17.5 Å².